The number of thioether (sulfide) groups is 1. The molecule has 45 heavy (non-hydrogen) atoms. The number of hydrogen-bond acceptors (Lipinski definition) is 7. The molecule has 1 aliphatic rings. The highest BCUT2D eigenvalue weighted by Crippen LogP contribution is 2.35. The summed E-state index contributed by atoms with van der Waals surface area (Å²) < 4.78 is 48.4. The number of halogens is 3. The number of aryl methyl sites for hydroxylation is 2. The van der Waals surface area contributed by atoms with E-state index in [1.165, 1.54) is 51.9 Å². The molecule has 0 radical (unpaired) electrons. The number of carbonyl (C=O) groups excluding carboxylic acids is 2. The standard InChI is InChI=1S/C31H29F3N6O4S/c1-5-43-20(4)24-12-6-18(2)14-26(24)40-27(41)16-45-30(40)37-29(42)36-25-13-7-21(15-19(25)3)28-35-17-39(38-28)22-8-10-23(11-9-22)44-31(32,33)34/h6-15,17,20H,5,16H2,1-4H3,(H,36,42)/b37-30-. The van der Waals surface area contributed by atoms with E-state index in [9.17, 15) is 22.8 Å². The van der Waals surface area contributed by atoms with E-state index in [0.29, 0.717) is 40.6 Å². The van der Waals surface area contributed by atoms with Crippen LogP contribution in [0.4, 0.5) is 29.3 Å². The zero-order chi connectivity index (χ0) is 32.3. The molecular formula is C31H29F3N6O4S. The van der Waals surface area contributed by atoms with Gasteiger partial charge in [0, 0.05) is 23.4 Å². The minimum Gasteiger partial charge on any atom is -0.406 e. The number of benzene rings is 3. The second-order valence-corrected chi connectivity index (χ2v) is 11.0. The summed E-state index contributed by atoms with van der Waals surface area (Å²) in [6, 6.07) is 15.6. The molecule has 14 heteroatoms. The smallest absolute Gasteiger partial charge is 0.406 e. The molecule has 1 aliphatic heterocycles. The monoisotopic (exact) mass is 638 g/mol. The Hall–Kier alpha value is -4.69. The Labute approximate surface area is 261 Å². The van der Waals surface area contributed by atoms with Crippen LogP contribution in [0.3, 0.4) is 0 Å². The molecule has 10 nitrogen and oxygen atoms in total. The van der Waals surface area contributed by atoms with Crippen molar-refractivity contribution in [3.8, 4) is 22.8 Å². The lowest BCUT2D eigenvalue weighted by atomic mass is 10.0. The van der Waals surface area contributed by atoms with E-state index in [-0.39, 0.29) is 28.7 Å². The van der Waals surface area contributed by atoms with E-state index in [4.69, 9.17) is 4.74 Å². The molecular weight excluding hydrogens is 609 g/mol. The van der Waals surface area contributed by atoms with E-state index in [1.54, 1.807) is 25.1 Å². The summed E-state index contributed by atoms with van der Waals surface area (Å²) in [6.45, 7) is 8.05. The number of aliphatic imine (C=N–C) groups is 1. The maximum absolute atomic E-state index is 13.0. The first-order valence-corrected chi connectivity index (χ1v) is 14.9. The molecule has 3 aromatic carbocycles. The minimum absolute atomic E-state index is 0.154. The van der Waals surface area contributed by atoms with Crippen LogP contribution >= 0.6 is 11.8 Å². The third-order valence-corrected chi connectivity index (χ3v) is 7.72. The number of hydrogen-bond donors (Lipinski definition) is 1. The van der Waals surface area contributed by atoms with Crippen molar-refractivity contribution in [2.45, 2.75) is 40.2 Å². The lowest BCUT2D eigenvalue weighted by Gasteiger charge is -2.23. The van der Waals surface area contributed by atoms with Crippen LogP contribution in [-0.4, -0.2) is 50.6 Å². The van der Waals surface area contributed by atoms with Gasteiger partial charge in [0.2, 0.25) is 5.91 Å². The van der Waals surface area contributed by atoms with Gasteiger partial charge in [-0.05, 0) is 87.4 Å². The summed E-state index contributed by atoms with van der Waals surface area (Å²) in [5.41, 5.74) is 4.78. The largest absolute Gasteiger partial charge is 0.573 e. The molecule has 2 heterocycles. The first-order valence-electron chi connectivity index (χ1n) is 13.9. The van der Waals surface area contributed by atoms with Crippen molar-refractivity contribution in [3.63, 3.8) is 0 Å². The third-order valence-electron chi connectivity index (χ3n) is 6.80. The average Bonchev–Trinajstić information content (AvgIpc) is 3.61. The van der Waals surface area contributed by atoms with Crippen LogP contribution in [0.5, 0.6) is 5.75 Å². The molecule has 234 valence electrons. The molecule has 4 aromatic rings. The van der Waals surface area contributed by atoms with Gasteiger partial charge in [0.1, 0.15) is 12.1 Å². The number of anilines is 2. The van der Waals surface area contributed by atoms with Crippen molar-refractivity contribution in [2.24, 2.45) is 4.99 Å². The van der Waals surface area contributed by atoms with Crippen LogP contribution in [-0.2, 0) is 9.53 Å². The van der Waals surface area contributed by atoms with Crippen molar-refractivity contribution < 1.29 is 32.2 Å². The van der Waals surface area contributed by atoms with E-state index >= 15 is 0 Å². The van der Waals surface area contributed by atoms with Gasteiger partial charge in [-0.15, -0.1) is 18.3 Å². The fourth-order valence-corrected chi connectivity index (χ4v) is 5.56. The normalized spacial score (nSPS) is 15.0. The Balaban J connectivity index is 1.31. The number of rotatable bonds is 8. The van der Waals surface area contributed by atoms with Gasteiger partial charge in [-0.25, -0.2) is 14.5 Å². The van der Waals surface area contributed by atoms with Crippen LogP contribution in [0.15, 0.2) is 72.0 Å². The first-order chi connectivity index (χ1) is 21.4. The molecule has 1 saturated heterocycles. The second kappa shape index (κ2) is 13.1. The zero-order valence-corrected chi connectivity index (χ0v) is 25.6. The fraction of sp³-hybridized carbons (Fsp3) is 0.258. The Morgan fingerprint density at radius 1 is 1.11 bits per heavy atom. The van der Waals surface area contributed by atoms with Gasteiger partial charge in [0.25, 0.3) is 0 Å². The number of ether oxygens (including phenoxy) is 2. The molecule has 0 bridgehead atoms. The van der Waals surface area contributed by atoms with Crippen molar-refractivity contribution in [3.05, 3.63) is 83.7 Å². The number of nitrogens with one attached hydrogen (secondary N) is 1. The molecule has 3 amide bonds. The molecule has 0 aliphatic carbocycles. The Kier molecular flexibility index (Phi) is 9.25. The van der Waals surface area contributed by atoms with Gasteiger partial charge < -0.3 is 14.8 Å². The number of nitrogens with zero attached hydrogens (tertiary/aromatic N) is 5. The molecule has 1 fully saturated rings. The molecule has 1 unspecified atom stereocenters. The lowest BCUT2D eigenvalue weighted by molar-refractivity contribution is -0.274. The Morgan fingerprint density at radius 3 is 2.56 bits per heavy atom. The molecule has 0 saturated carbocycles. The first kappa shape index (κ1) is 31.7. The summed E-state index contributed by atoms with van der Waals surface area (Å²) in [5, 5.41) is 7.48. The van der Waals surface area contributed by atoms with Crippen molar-refractivity contribution in [1.29, 1.82) is 0 Å². The highest BCUT2D eigenvalue weighted by atomic mass is 32.2. The lowest BCUT2D eigenvalue weighted by Crippen LogP contribution is -2.31. The van der Waals surface area contributed by atoms with E-state index in [1.807, 2.05) is 39.0 Å². The van der Waals surface area contributed by atoms with Crippen molar-refractivity contribution >= 4 is 40.2 Å². The summed E-state index contributed by atoms with van der Waals surface area (Å²) in [5.74, 6) is 0.00658. The van der Waals surface area contributed by atoms with Crippen molar-refractivity contribution in [2.75, 3.05) is 22.6 Å². The molecule has 1 N–H and O–H groups in total. The number of amidine groups is 1. The fourth-order valence-electron chi connectivity index (χ4n) is 4.71. The highest BCUT2D eigenvalue weighted by molar-refractivity contribution is 8.15. The molecule has 0 spiro atoms. The SMILES string of the molecule is CCOC(C)c1ccc(C)cc1N1C(=O)CS/C1=N\C(=O)Nc1ccc(-c2ncn(-c3ccc(OC(F)(F)F)cc3)n2)cc1C. The number of alkyl halides is 3. The topological polar surface area (TPSA) is 111 Å². The van der Waals surface area contributed by atoms with Crippen LogP contribution in [0.2, 0.25) is 0 Å². The maximum Gasteiger partial charge on any atom is 0.573 e. The summed E-state index contributed by atoms with van der Waals surface area (Å²) in [6.07, 6.45) is -3.60. The predicted molar refractivity (Wildman–Crippen MR) is 166 cm³/mol. The Morgan fingerprint density at radius 2 is 1.87 bits per heavy atom. The third kappa shape index (κ3) is 7.52. The molecule has 5 rings (SSSR count). The molecule has 1 aromatic heterocycles. The second-order valence-electron chi connectivity index (χ2n) is 10.1. The summed E-state index contributed by atoms with van der Waals surface area (Å²) >= 11 is 1.19. The number of carbonyl (C=O) groups is 2. The van der Waals surface area contributed by atoms with Gasteiger partial charge in [0.15, 0.2) is 11.0 Å². The van der Waals surface area contributed by atoms with Gasteiger partial charge in [-0.2, -0.15) is 4.99 Å². The average molecular weight is 639 g/mol. The van der Waals surface area contributed by atoms with Crippen molar-refractivity contribution in [1.82, 2.24) is 14.8 Å². The Bertz CT molecular complexity index is 1760. The zero-order valence-electron chi connectivity index (χ0n) is 24.8. The number of aromatic nitrogens is 3. The van der Waals surface area contributed by atoms with E-state index < -0.39 is 12.4 Å². The van der Waals surface area contributed by atoms with Gasteiger partial charge in [0.05, 0.1) is 23.2 Å². The quantitative estimate of drug-likeness (QED) is 0.217. The van der Waals surface area contributed by atoms with Crippen LogP contribution in [0, 0.1) is 13.8 Å². The minimum atomic E-state index is -4.78. The molecule has 1 atom stereocenters. The number of urea groups is 1. The predicted octanol–water partition coefficient (Wildman–Crippen LogP) is 7.22. The maximum atomic E-state index is 13.0. The van der Waals surface area contributed by atoms with Gasteiger partial charge in [-0.3, -0.25) is 9.69 Å². The van der Waals surface area contributed by atoms with Crippen LogP contribution in [0.1, 0.15) is 36.6 Å². The van der Waals surface area contributed by atoms with Crippen LogP contribution in [0.25, 0.3) is 17.1 Å². The number of amides is 3. The summed E-state index contributed by atoms with van der Waals surface area (Å²) in [4.78, 5) is 36.0. The van der Waals surface area contributed by atoms with E-state index in [2.05, 4.69) is 25.1 Å². The van der Waals surface area contributed by atoms with Gasteiger partial charge in [-0.1, -0.05) is 23.9 Å². The van der Waals surface area contributed by atoms with Gasteiger partial charge >= 0.3 is 12.4 Å². The van der Waals surface area contributed by atoms with E-state index in [0.717, 1.165) is 11.1 Å². The highest BCUT2D eigenvalue weighted by Gasteiger charge is 2.33. The van der Waals surface area contributed by atoms with Crippen LogP contribution < -0.4 is 15.0 Å². The summed E-state index contributed by atoms with van der Waals surface area (Å²) in [7, 11) is 0.